The Morgan fingerprint density at radius 1 is 1.10 bits per heavy atom. The predicted molar refractivity (Wildman–Crippen MR) is 110 cm³/mol. The molecule has 3 N–H and O–H groups in total. The molecule has 3 nitrogen and oxygen atoms in total. The van der Waals surface area contributed by atoms with Crippen LogP contribution >= 0.6 is 0 Å². The molecule has 0 amide bonds. The average Bonchev–Trinajstić information content (AvgIpc) is 3.24. The molecule has 1 aromatic heterocycles. The fourth-order valence-electron chi connectivity index (χ4n) is 3.80. The number of aryl methyl sites for hydroxylation is 1. The second-order valence-corrected chi connectivity index (χ2v) is 7.34. The van der Waals surface area contributed by atoms with Crippen molar-refractivity contribution in [1.29, 1.82) is 0 Å². The van der Waals surface area contributed by atoms with E-state index in [4.69, 9.17) is 0 Å². The van der Waals surface area contributed by atoms with E-state index in [1.807, 2.05) is 0 Å². The first-order valence-corrected chi connectivity index (χ1v) is 9.55. The summed E-state index contributed by atoms with van der Waals surface area (Å²) in [6.07, 6.45) is 2.12. The van der Waals surface area contributed by atoms with Crippen molar-refractivity contribution in [3.8, 4) is 11.3 Å². The van der Waals surface area contributed by atoms with E-state index in [0.717, 1.165) is 47.2 Å². The summed E-state index contributed by atoms with van der Waals surface area (Å²) in [7, 11) is 0. The molecule has 29 heavy (non-hydrogen) atoms. The van der Waals surface area contributed by atoms with Crippen molar-refractivity contribution in [2.75, 3.05) is 6.54 Å². The SMILES string of the molecule is C=C(CCc1c(-c2ccc(F)cc2)[nH]c2cc(F)c(F)cc12)NC1CCNC1=C. The first-order valence-electron chi connectivity index (χ1n) is 9.55. The van der Waals surface area contributed by atoms with Gasteiger partial charge in [0.05, 0.1) is 6.04 Å². The minimum absolute atomic E-state index is 0.147. The zero-order valence-corrected chi connectivity index (χ0v) is 15.9. The van der Waals surface area contributed by atoms with E-state index in [2.05, 4.69) is 28.8 Å². The van der Waals surface area contributed by atoms with Crippen LogP contribution in [0.25, 0.3) is 22.2 Å². The lowest BCUT2D eigenvalue weighted by Gasteiger charge is -2.17. The molecule has 2 heterocycles. The van der Waals surface area contributed by atoms with Crippen LogP contribution in [0, 0.1) is 17.5 Å². The number of fused-ring (bicyclic) bond motifs is 1. The lowest BCUT2D eigenvalue weighted by atomic mass is 10.00. The Morgan fingerprint density at radius 3 is 2.52 bits per heavy atom. The third-order valence-corrected chi connectivity index (χ3v) is 5.34. The molecule has 3 aromatic rings. The maximum atomic E-state index is 13.9. The highest BCUT2D eigenvalue weighted by molar-refractivity contribution is 5.91. The molecule has 2 aromatic carbocycles. The molecule has 0 radical (unpaired) electrons. The molecule has 1 atom stereocenters. The number of rotatable bonds is 6. The lowest BCUT2D eigenvalue weighted by molar-refractivity contribution is 0.511. The molecule has 6 heteroatoms. The van der Waals surface area contributed by atoms with E-state index in [0.29, 0.717) is 23.7 Å². The number of hydrogen-bond acceptors (Lipinski definition) is 2. The van der Waals surface area contributed by atoms with Crippen molar-refractivity contribution >= 4 is 10.9 Å². The fourth-order valence-corrected chi connectivity index (χ4v) is 3.80. The van der Waals surface area contributed by atoms with Crippen LogP contribution in [-0.2, 0) is 6.42 Å². The number of nitrogens with one attached hydrogen (secondary N) is 3. The van der Waals surface area contributed by atoms with Gasteiger partial charge in [0.15, 0.2) is 11.6 Å². The van der Waals surface area contributed by atoms with E-state index in [-0.39, 0.29) is 11.9 Å². The highest BCUT2D eigenvalue weighted by Crippen LogP contribution is 2.33. The number of benzene rings is 2. The summed E-state index contributed by atoms with van der Waals surface area (Å²) in [6, 6.07) is 8.55. The van der Waals surface area contributed by atoms with Gasteiger partial charge < -0.3 is 15.6 Å². The van der Waals surface area contributed by atoms with Crippen molar-refractivity contribution in [1.82, 2.24) is 15.6 Å². The van der Waals surface area contributed by atoms with Crippen LogP contribution in [-0.4, -0.2) is 17.6 Å². The Morgan fingerprint density at radius 2 is 1.83 bits per heavy atom. The Kier molecular flexibility index (Phi) is 5.09. The second kappa shape index (κ2) is 7.70. The Balaban J connectivity index is 1.64. The zero-order chi connectivity index (χ0) is 20.5. The van der Waals surface area contributed by atoms with Crippen molar-refractivity contribution in [3.63, 3.8) is 0 Å². The zero-order valence-electron chi connectivity index (χ0n) is 15.9. The van der Waals surface area contributed by atoms with Gasteiger partial charge in [-0.15, -0.1) is 0 Å². The summed E-state index contributed by atoms with van der Waals surface area (Å²) < 4.78 is 41.0. The highest BCUT2D eigenvalue weighted by atomic mass is 19.2. The summed E-state index contributed by atoms with van der Waals surface area (Å²) in [5.74, 6) is -2.14. The largest absolute Gasteiger partial charge is 0.387 e. The maximum Gasteiger partial charge on any atom is 0.160 e. The molecule has 1 unspecified atom stereocenters. The van der Waals surface area contributed by atoms with Crippen LogP contribution in [0.3, 0.4) is 0 Å². The van der Waals surface area contributed by atoms with Gasteiger partial charge in [0.25, 0.3) is 0 Å². The lowest BCUT2D eigenvalue weighted by Crippen LogP contribution is -2.28. The van der Waals surface area contributed by atoms with Crippen LogP contribution in [0.4, 0.5) is 13.2 Å². The molecule has 1 saturated heterocycles. The molecule has 0 aliphatic carbocycles. The number of H-pyrrole nitrogens is 1. The number of allylic oxidation sites excluding steroid dienone is 1. The quantitative estimate of drug-likeness (QED) is 0.537. The minimum Gasteiger partial charge on any atom is -0.387 e. The summed E-state index contributed by atoms with van der Waals surface area (Å²) in [6.45, 7) is 8.98. The minimum atomic E-state index is -0.908. The standard InChI is InChI=1S/C23H22F3N3/c1-13(28-21-9-10-27-14(21)2)3-8-17-18-11-19(25)20(26)12-22(18)29-23(17)15-4-6-16(24)7-5-15/h4-7,11-12,21,27-29H,1-3,8-10H2. The molecule has 4 rings (SSSR count). The summed E-state index contributed by atoms with van der Waals surface area (Å²) >= 11 is 0. The van der Waals surface area contributed by atoms with Crippen molar-refractivity contribution < 1.29 is 13.2 Å². The topological polar surface area (TPSA) is 39.9 Å². The summed E-state index contributed by atoms with van der Waals surface area (Å²) in [5, 5.41) is 7.19. The number of aromatic amines is 1. The Bertz CT molecular complexity index is 1080. The van der Waals surface area contributed by atoms with Crippen molar-refractivity contribution in [2.45, 2.75) is 25.3 Å². The molecule has 1 aliphatic heterocycles. The van der Waals surface area contributed by atoms with Gasteiger partial charge in [-0.05, 0) is 60.7 Å². The Labute approximate surface area is 167 Å². The third kappa shape index (κ3) is 3.88. The van der Waals surface area contributed by atoms with Crippen LogP contribution in [0.1, 0.15) is 18.4 Å². The van der Waals surface area contributed by atoms with Gasteiger partial charge in [-0.1, -0.05) is 13.2 Å². The molecule has 0 bridgehead atoms. The molecule has 0 spiro atoms. The molecule has 150 valence electrons. The Hall–Kier alpha value is -3.15. The normalized spacial score (nSPS) is 16.2. The smallest absolute Gasteiger partial charge is 0.160 e. The van der Waals surface area contributed by atoms with Gasteiger partial charge in [0.2, 0.25) is 0 Å². The van der Waals surface area contributed by atoms with Crippen LogP contribution in [0.5, 0.6) is 0 Å². The first-order chi connectivity index (χ1) is 13.9. The molecular weight excluding hydrogens is 375 g/mol. The van der Waals surface area contributed by atoms with Crippen LogP contribution in [0.2, 0.25) is 0 Å². The predicted octanol–water partition coefficient (Wildman–Crippen LogP) is 5.16. The fraction of sp³-hybridized carbons (Fsp3) is 0.217. The molecular formula is C23H22F3N3. The second-order valence-electron chi connectivity index (χ2n) is 7.34. The van der Waals surface area contributed by atoms with Gasteiger partial charge in [-0.2, -0.15) is 0 Å². The molecule has 1 aliphatic rings. The maximum absolute atomic E-state index is 13.9. The highest BCUT2D eigenvalue weighted by Gasteiger charge is 2.20. The van der Waals surface area contributed by atoms with E-state index in [1.165, 1.54) is 18.2 Å². The third-order valence-electron chi connectivity index (χ3n) is 5.34. The van der Waals surface area contributed by atoms with Gasteiger partial charge in [0.1, 0.15) is 5.82 Å². The summed E-state index contributed by atoms with van der Waals surface area (Å²) in [5.41, 5.74) is 4.63. The first kappa shape index (κ1) is 19.2. The van der Waals surface area contributed by atoms with Gasteiger partial charge in [-0.25, -0.2) is 13.2 Å². The number of aromatic nitrogens is 1. The average molecular weight is 397 g/mol. The van der Waals surface area contributed by atoms with Crippen LogP contribution in [0.15, 0.2) is 61.0 Å². The van der Waals surface area contributed by atoms with Gasteiger partial charge in [-0.3, -0.25) is 0 Å². The van der Waals surface area contributed by atoms with Crippen molar-refractivity contribution in [2.24, 2.45) is 0 Å². The van der Waals surface area contributed by atoms with Crippen LogP contribution < -0.4 is 10.6 Å². The van der Waals surface area contributed by atoms with E-state index in [1.54, 1.807) is 12.1 Å². The van der Waals surface area contributed by atoms with Crippen molar-refractivity contribution in [3.05, 3.63) is 84.0 Å². The van der Waals surface area contributed by atoms with E-state index in [9.17, 15) is 13.2 Å². The van der Waals surface area contributed by atoms with E-state index >= 15 is 0 Å². The molecule has 1 fully saturated rings. The summed E-state index contributed by atoms with van der Waals surface area (Å²) in [4.78, 5) is 3.17. The molecule has 0 saturated carbocycles. The monoisotopic (exact) mass is 397 g/mol. The van der Waals surface area contributed by atoms with Gasteiger partial charge >= 0.3 is 0 Å². The van der Waals surface area contributed by atoms with E-state index < -0.39 is 11.6 Å². The number of hydrogen-bond donors (Lipinski definition) is 3. The van der Waals surface area contributed by atoms with Gasteiger partial charge in [0, 0.05) is 40.6 Å². The number of halogens is 3.